The molecule has 2 amide bonds. The Hall–Kier alpha value is -2.90. The van der Waals surface area contributed by atoms with Crippen LogP contribution in [0.4, 0.5) is 4.79 Å². The number of carbonyl (C=O) groups is 3. The summed E-state index contributed by atoms with van der Waals surface area (Å²) in [4.78, 5) is 39.3. The smallest absolute Gasteiger partial charge is 0.338 e. The Morgan fingerprint density at radius 3 is 2.57 bits per heavy atom. The standard InChI is InChI=1S/C15H17N3O5/c1-3-22-14(20)12-9(2)17-15(21)18-11(12)8-23-13(19)10-4-6-16-7-5-10/h4-7,9H,3,8H2,1-2H3,(H2,17,18,21)/t9-/m0/s1. The van der Waals surface area contributed by atoms with Gasteiger partial charge >= 0.3 is 18.0 Å². The Balaban J connectivity index is 2.15. The number of hydrogen-bond donors (Lipinski definition) is 2. The number of nitrogens with zero attached hydrogens (tertiary/aromatic N) is 1. The molecule has 2 N–H and O–H groups in total. The highest BCUT2D eigenvalue weighted by Gasteiger charge is 2.30. The lowest BCUT2D eigenvalue weighted by molar-refractivity contribution is -0.139. The zero-order valence-electron chi connectivity index (χ0n) is 12.8. The predicted molar refractivity (Wildman–Crippen MR) is 79.3 cm³/mol. The zero-order valence-corrected chi connectivity index (χ0v) is 12.8. The first-order valence-electron chi connectivity index (χ1n) is 7.07. The summed E-state index contributed by atoms with van der Waals surface area (Å²) >= 11 is 0. The van der Waals surface area contributed by atoms with Crippen molar-refractivity contribution in [3.63, 3.8) is 0 Å². The predicted octanol–water partition coefficient (Wildman–Crippen LogP) is 0.757. The van der Waals surface area contributed by atoms with Crippen molar-refractivity contribution in [2.45, 2.75) is 19.9 Å². The Morgan fingerprint density at radius 2 is 1.91 bits per heavy atom. The van der Waals surface area contributed by atoms with Gasteiger partial charge in [-0.05, 0) is 26.0 Å². The average molecular weight is 319 g/mol. The van der Waals surface area contributed by atoms with Crippen LogP contribution in [-0.2, 0) is 14.3 Å². The summed E-state index contributed by atoms with van der Waals surface area (Å²) < 4.78 is 10.1. The van der Waals surface area contributed by atoms with E-state index < -0.39 is 24.0 Å². The highest BCUT2D eigenvalue weighted by Crippen LogP contribution is 2.15. The first-order chi connectivity index (χ1) is 11.0. The van der Waals surface area contributed by atoms with Crippen LogP contribution in [0.5, 0.6) is 0 Å². The summed E-state index contributed by atoms with van der Waals surface area (Å²) in [5, 5.41) is 5.04. The van der Waals surface area contributed by atoms with Gasteiger partial charge < -0.3 is 20.1 Å². The molecule has 0 aromatic carbocycles. The van der Waals surface area contributed by atoms with Crippen molar-refractivity contribution in [3.8, 4) is 0 Å². The summed E-state index contributed by atoms with van der Waals surface area (Å²) in [6.45, 7) is 3.29. The number of pyridine rings is 1. The maximum atomic E-state index is 12.0. The minimum atomic E-state index is -0.580. The second-order valence-corrected chi connectivity index (χ2v) is 4.74. The van der Waals surface area contributed by atoms with Gasteiger partial charge in [-0.25, -0.2) is 14.4 Å². The van der Waals surface area contributed by atoms with Gasteiger partial charge in [0.25, 0.3) is 0 Å². The number of hydrogen-bond acceptors (Lipinski definition) is 6. The molecule has 23 heavy (non-hydrogen) atoms. The van der Waals surface area contributed by atoms with Gasteiger partial charge in [-0.3, -0.25) is 4.98 Å². The van der Waals surface area contributed by atoms with E-state index in [9.17, 15) is 14.4 Å². The third-order valence-electron chi connectivity index (χ3n) is 3.13. The molecule has 0 unspecified atom stereocenters. The van der Waals surface area contributed by atoms with Crippen LogP contribution >= 0.6 is 0 Å². The van der Waals surface area contributed by atoms with Crippen molar-refractivity contribution in [1.29, 1.82) is 0 Å². The van der Waals surface area contributed by atoms with E-state index in [-0.39, 0.29) is 24.5 Å². The van der Waals surface area contributed by atoms with Gasteiger partial charge in [0, 0.05) is 12.4 Å². The fraction of sp³-hybridized carbons (Fsp3) is 0.333. The third-order valence-corrected chi connectivity index (χ3v) is 3.13. The molecule has 0 bridgehead atoms. The topological polar surface area (TPSA) is 107 Å². The van der Waals surface area contributed by atoms with Crippen LogP contribution < -0.4 is 10.6 Å². The van der Waals surface area contributed by atoms with Gasteiger partial charge in [-0.15, -0.1) is 0 Å². The molecule has 1 aliphatic heterocycles. The number of rotatable bonds is 5. The summed E-state index contributed by atoms with van der Waals surface area (Å²) in [6.07, 6.45) is 2.93. The summed E-state index contributed by atoms with van der Waals surface area (Å²) in [6, 6.07) is 2.00. The minimum Gasteiger partial charge on any atom is -0.463 e. The van der Waals surface area contributed by atoms with Crippen LogP contribution in [0.15, 0.2) is 35.8 Å². The molecule has 0 fully saturated rings. The molecule has 2 rings (SSSR count). The first-order valence-corrected chi connectivity index (χ1v) is 7.07. The van der Waals surface area contributed by atoms with Gasteiger partial charge in [0.2, 0.25) is 0 Å². The maximum Gasteiger partial charge on any atom is 0.338 e. The highest BCUT2D eigenvalue weighted by atomic mass is 16.5. The largest absolute Gasteiger partial charge is 0.463 e. The van der Waals surface area contributed by atoms with Gasteiger partial charge in [0.1, 0.15) is 6.61 Å². The number of amides is 2. The van der Waals surface area contributed by atoms with E-state index in [1.807, 2.05) is 0 Å². The monoisotopic (exact) mass is 319 g/mol. The number of ether oxygens (including phenoxy) is 2. The molecular weight excluding hydrogens is 302 g/mol. The Bertz CT molecular complexity index is 642. The van der Waals surface area contributed by atoms with E-state index in [0.717, 1.165) is 0 Å². The zero-order chi connectivity index (χ0) is 16.8. The molecule has 8 heteroatoms. The molecule has 0 radical (unpaired) electrons. The van der Waals surface area contributed by atoms with E-state index in [1.165, 1.54) is 24.5 Å². The lowest BCUT2D eigenvalue weighted by Gasteiger charge is -2.26. The average Bonchev–Trinajstić information content (AvgIpc) is 2.53. The van der Waals surface area contributed by atoms with Crippen molar-refractivity contribution < 1.29 is 23.9 Å². The summed E-state index contributed by atoms with van der Waals surface area (Å²) in [5.41, 5.74) is 0.766. The van der Waals surface area contributed by atoms with Gasteiger partial charge in [-0.2, -0.15) is 0 Å². The molecule has 1 aromatic heterocycles. The van der Waals surface area contributed by atoms with Crippen LogP contribution in [0.2, 0.25) is 0 Å². The Kier molecular flexibility index (Phi) is 5.29. The fourth-order valence-corrected chi connectivity index (χ4v) is 2.10. The number of urea groups is 1. The molecule has 122 valence electrons. The molecule has 1 atom stereocenters. The van der Waals surface area contributed by atoms with Crippen molar-refractivity contribution in [3.05, 3.63) is 41.4 Å². The Morgan fingerprint density at radius 1 is 1.22 bits per heavy atom. The van der Waals surface area contributed by atoms with E-state index in [1.54, 1.807) is 13.8 Å². The number of esters is 2. The van der Waals surface area contributed by atoms with Crippen molar-refractivity contribution in [1.82, 2.24) is 15.6 Å². The molecule has 0 spiro atoms. The third kappa shape index (κ3) is 4.06. The summed E-state index contributed by atoms with van der Waals surface area (Å²) in [7, 11) is 0. The van der Waals surface area contributed by atoms with Crippen molar-refractivity contribution >= 4 is 18.0 Å². The van der Waals surface area contributed by atoms with Crippen LogP contribution in [0.1, 0.15) is 24.2 Å². The molecule has 1 aromatic rings. The summed E-state index contributed by atoms with van der Waals surface area (Å²) in [5.74, 6) is -1.15. The lowest BCUT2D eigenvalue weighted by atomic mass is 10.0. The van der Waals surface area contributed by atoms with E-state index >= 15 is 0 Å². The van der Waals surface area contributed by atoms with Crippen LogP contribution in [0, 0.1) is 0 Å². The molecule has 8 nitrogen and oxygen atoms in total. The van der Waals surface area contributed by atoms with E-state index in [2.05, 4.69) is 15.6 Å². The Labute approximate surface area is 132 Å². The molecule has 2 heterocycles. The number of nitrogens with one attached hydrogen (secondary N) is 2. The second-order valence-electron chi connectivity index (χ2n) is 4.74. The van der Waals surface area contributed by atoms with Gasteiger partial charge in [-0.1, -0.05) is 0 Å². The number of carbonyl (C=O) groups excluding carboxylic acids is 3. The fourth-order valence-electron chi connectivity index (χ4n) is 2.10. The van der Waals surface area contributed by atoms with E-state index in [0.29, 0.717) is 5.56 Å². The molecule has 1 aliphatic rings. The maximum absolute atomic E-state index is 12.0. The van der Waals surface area contributed by atoms with Crippen LogP contribution in [0.25, 0.3) is 0 Å². The molecular formula is C15H17N3O5. The van der Waals surface area contributed by atoms with Gasteiger partial charge in [0.15, 0.2) is 0 Å². The molecule has 0 aliphatic carbocycles. The van der Waals surface area contributed by atoms with E-state index in [4.69, 9.17) is 9.47 Å². The first kappa shape index (κ1) is 16.5. The second kappa shape index (κ2) is 7.39. The quantitative estimate of drug-likeness (QED) is 0.776. The number of aromatic nitrogens is 1. The SMILES string of the molecule is CCOC(=O)C1=C(COC(=O)c2ccncc2)NC(=O)N[C@H]1C. The molecule has 0 saturated heterocycles. The minimum absolute atomic E-state index is 0.201. The lowest BCUT2D eigenvalue weighted by Crippen LogP contribution is -2.50. The normalized spacial score (nSPS) is 17.1. The van der Waals surface area contributed by atoms with Crippen molar-refractivity contribution in [2.75, 3.05) is 13.2 Å². The van der Waals surface area contributed by atoms with Crippen LogP contribution in [0.3, 0.4) is 0 Å². The van der Waals surface area contributed by atoms with Gasteiger partial charge in [0.05, 0.1) is 29.5 Å². The highest BCUT2D eigenvalue weighted by molar-refractivity contribution is 5.95. The molecule has 0 saturated carbocycles. The van der Waals surface area contributed by atoms with Crippen LogP contribution in [-0.4, -0.2) is 42.2 Å². The van der Waals surface area contributed by atoms with Crippen molar-refractivity contribution in [2.24, 2.45) is 0 Å².